The van der Waals surface area contributed by atoms with Crippen molar-refractivity contribution in [1.82, 2.24) is 10.2 Å². The second-order valence-corrected chi connectivity index (χ2v) is 7.00. The summed E-state index contributed by atoms with van der Waals surface area (Å²) in [4.78, 5) is 15.0. The van der Waals surface area contributed by atoms with Gasteiger partial charge in [0.25, 0.3) is 0 Å². The van der Waals surface area contributed by atoms with E-state index >= 15 is 0 Å². The van der Waals surface area contributed by atoms with Gasteiger partial charge in [0, 0.05) is 6.04 Å². The molecule has 1 aromatic rings. The molecular weight excluding hydrogens is 268 g/mol. The van der Waals surface area contributed by atoms with E-state index in [1.54, 1.807) is 11.3 Å². The van der Waals surface area contributed by atoms with Crippen LogP contribution in [0.2, 0.25) is 0 Å². The average Bonchev–Trinajstić information content (AvgIpc) is 2.92. The van der Waals surface area contributed by atoms with E-state index in [-0.39, 0.29) is 11.7 Å². The summed E-state index contributed by atoms with van der Waals surface area (Å²) in [5.41, 5.74) is 1.01. The van der Waals surface area contributed by atoms with E-state index in [0.29, 0.717) is 17.9 Å². The molecule has 2 heterocycles. The third-order valence-corrected chi connectivity index (χ3v) is 5.82. The zero-order valence-electron chi connectivity index (χ0n) is 12.6. The van der Waals surface area contributed by atoms with E-state index in [4.69, 9.17) is 0 Å². The van der Waals surface area contributed by atoms with Gasteiger partial charge in [-0.15, -0.1) is 0 Å². The molecule has 4 heteroatoms. The van der Waals surface area contributed by atoms with Gasteiger partial charge in [-0.2, -0.15) is 11.3 Å². The predicted octanol–water partition coefficient (Wildman–Crippen LogP) is 3.54. The number of nitrogens with one attached hydrogen (secondary N) is 1. The zero-order chi connectivity index (χ0) is 14.3. The molecule has 2 unspecified atom stereocenters. The number of carbonyl (C=O) groups excluding carboxylic acids is 1. The van der Waals surface area contributed by atoms with Gasteiger partial charge < -0.3 is 4.90 Å². The van der Waals surface area contributed by atoms with E-state index < -0.39 is 0 Å². The lowest BCUT2D eigenvalue weighted by molar-refractivity contribution is -0.134. The number of carbonyl (C=O) groups is 1. The largest absolute Gasteiger partial charge is 0.318 e. The lowest BCUT2D eigenvalue weighted by Crippen LogP contribution is -2.42. The summed E-state index contributed by atoms with van der Waals surface area (Å²) < 4.78 is 0. The first-order chi connectivity index (χ1) is 9.63. The summed E-state index contributed by atoms with van der Waals surface area (Å²) >= 11 is 1.70. The fourth-order valence-corrected chi connectivity index (χ4v) is 4.21. The van der Waals surface area contributed by atoms with Crippen molar-refractivity contribution in [2.75, 3.05) is 0 Å². The van der Waals surface area contributed by atoms with Crippen molar-refractivity contribution in [3.05, 3.63) is 22.4 Å². The number of hydrogen-bond acceptors (Lipinski definition) is 3. The molecule has 2 atom stereocenters. The minimum absolute atomic E-state index is 0.0758. The SMILES string of the molecule is CCC(CC)C(C)N1C(=O)C2(CC2)NC1c1ccsc1. The minimum atomic E-state index is -0.229. The van der Waals surface area contributed by atoms with Gasteiger partial charge in [0.15, 0.2) is 0 Å². The number of thiophene rings is 1. The van der Waals surface area contributed by atoms with Crippen LogP contribution in [0, 0.1) is 5.92 Å². The highest BCUT2D eigenvalue weighted by molar-refractivity contribution is 7.07. The summed E-state index contributed by atoms with van der Waals surface area (Å²) in [6.45, 7) is 6.67. The Morgan fingerprint density at radius 2 is 2.15 bits per heavy atom. The topological polar surface area (TPSA) is 32.3 Å². The first kappa shape index (κ1) is 14.1. The third kappa shape index (κ3) is 2.09. The fraction of sp³-hybridized carbons (Fsp3) is 0.688. The normalized spacial score (nSPS) is 25.7. The highest BCUT2D eigenvalue weighted by atomic mass is 32.1. The molecule has 1 N–H and O–H groups in total. The molecule has 2 aliphatic rings. The molecule has 1 amide bonds. The van der Waals surface area contributed by atoms with Crippen LogP contribution in [0.5, 0.6) is 0 Å². The molecule has 110 valence electrons. The maximum atomic E-state index is 12.8. The van der Waals surface area contributed by atoms with Crippen molar-refractivity contribution < 1.29 is 4.79 Å². The standard InChI is InChI=1S/C16H24N2OS/c1-4-12(5-2)11(3)18-14(13-6-9-20-10-13)17-16(7-8-16)15(18)19/h6,9-12,14,17H,4-5,7-8H2,1-3H3. The molecule has 3 nitrogen and oxygen atoms in total. The second-order valence-electron chi connectivity index (χ2n) is 6.22. The Morgan fingerprint density at radius 1 is 1.45 bits per heavy atom. The van der Waals surface area contributed by atoms with Crippen LogP contribution in [0.25, 0.3) is 0 Å². The highest BCUT2D eigenvalue weighted by Gasteiger charge is 2.60. The number of amides is 1. The number of hydrogen-bond donors (Lipinski definition) is 1. The van der Waals surface area contributed by atoms with Gasteiger partial charge in [0.1, 0.15) is 11.7 Å². The van der Waals surface area contributed by atoms with Crippen molar-refractivity contribution in [1.29, 1.82) is 0 Å². The summed E-state index contributed by atoms with van der Waals surface area (Å²) in [5, 5.41) is 7.87. The molecule has 0 aromatic carbocycles. The van der Waals surface area contributed by atoms with Gasteiger partial charge in [0.2, 0.25) is 5.91 Å². The highest BCUT2D eigenvalue weighted by Crippen LogP contribution is 2.47. The van der Waals surface area contributed by atoms with Gasteiger partial charge in [-0.3, -0.25) is 10.1 Å². The van der Waals surface area contributed by atoms with Crippen LogP contribution in [-0.2, 0) is 4.79 Å². The summed E-state index contributed by atoms with van der Waals surface area (Å²) in [5.74, 6) is 0.906. The van der Waals surface area contributed by atoms with Crippen LogP contribution in [0.4, 0.5) is 0 Å². The quantitative estimate of drug-likeness (QED) is 0.900. The van der Waals surface area contributed by atoms with Crippen molar-refractivity contribution in [2.45, 2.75) is 64.2 Å². The zero-order valence-corrected chi connectivity index (χ0v) is 13.4. The Hall–Kier alpha value is -0.870. The Labute approximate surface area is 125 Å². The maximum Gasteiger partial charge on any atom is 0.244 e. The summed E-state index contributed by atoms with van der Waals surface area (Å²) in [7, 11) is 0. The molecule has 0 radical (unpaired) electrons. The Morgan fingerprint density at radius 3 is 2.65 bits per heavy atom. The minimum Gasteiger partial charge on any atom is -0.318 e. The van der Waals surface area contributed by atoms with E-state index in [9.17, 15) is 4.79 Å². The molecule has 1 saturated carbocycles. The Bertz CT molecular complexity index is 477. The van der Waals surface area contributed by atoms with E-state index in [1.807, 2.05) is 0 Å². The lowest BCUT2D eigenvalue weighted by atomic mass is 9.93. The molecule has 3 rings (SSSR count). The van der Waals surface area contributed by atoms with Crippen LogP contribution in [0.3, 0.4) is 0 Å². The van der Waals surface area contributed by atoms with E-state index in [2.05, 4.69) is 47.8 Å². The third-order valence-electron chi connectivity index (χ3n) is 5.11. The summed E-state index contributed by atoms with van der Waals surface area (Å²) in [6, 6.07) is 2.44. The maximum absolute atomic E-state index is 12.8. The van der Waals surface area contributed by atoms with Crippen LogP contribution in [-0.4, -0.2) is 22.4 Å². The van der Waals surface area contributed by atoms with Gasteiger partial charge in [-0.25, -0.2) is 0 Å². The second kappa shape index (κ2) is 5.15. The van der Waals surface area contributed by atoms with Crippen molar-refractivity contribution in [3.8, 4) is 0 Å². The smallest absolute Gasteiger partial charge is 0.244 e. The molecular formula is C16H24N2OS. The first-order valence-electron chi connectivity index (χ1n) is 7.75. The Balaban J connectivity index is 1.90. The predicted molar refractivity (Wildman–Crippen MR) is 82.5 cm³/mol. The van der Waals surface area contributed by atoms with Crippen LogP contribution >= 0.6 is 11.3 Å². The van der Waals surface area contributed by atoms with Crippen molar-refractivity contribution >= 4 is 17.2 Å². The van der Waals surface area contributed by atoms with Gasteiger partial charge >= 0.3 is 0 Å². The number of rotatable bonds is 5. The van der Waals surface area contributed by atoms with Crippen molar-refractivity contribution in [3.63, 3.8) is 0 Å². The van der Waals surface area contributed by atoms with E-state index in [0.717, 1.165) is 25.7 Å². The monoisotopic (exact) mass is 292 g/mol. The molecule has 1 spiro atoms. The number of nitrogens with zero attached hydrogens (tertiary/aromatic N) is 1. The van der Waals surface area contributed by atoms with Crippen LogP contribution in [0.15, 0.2) is 16.8 Å². The molecule has 20 heavy (non-hydrogen) atoms. The van der Waals surface area contributed by atoms with Crippen LogP contribution < -0.4 is 5.32 Å². The fourth-order valence-electron chi connectivity index (χ4n) is 3.53. The van der Waals surface area contributed by atoms with Gasteiger partial charge in [0.05, 0.1) is 0 Å². The average molecular weight is 292 g/mol. The van der Waals surface area contributed by atoms with Crippen LogP contribution in [0.1, 0.15) is 58.2 Å². The molecule has 1 aromatic heterocycles. The lowest BCUT2D eigenvalue weighted by Gasteiger charge is -2.34. The first-order valence-corrected chi connectivity index (χ1v) is 8.69. The molecule has 1 saturated heterocycles. The van der Waals surface area contributed by atoms with Gasteiger partial charge in [-0.05, 0) is 48.1 Å². The summed E-state index contributed by atoms with van der Waals surface area (Å²) in [6.07, 6.45) is 4.33. The molecule has 1 aliphatic heterocycles. The molecule has 1 aliphatic carbocycles. The Kier molecular flexibility index (Phi) is 3.63. The molecule has 0 bridgehead atoms. The van der Waals surface area contributed by atoms with E-state index in [1.165, 1.54) is 5.56 Å². The molecule has 2 fully saturated rings. The van der Waals surface area contributed by atoms with Crippen molar-refractivity contribution in [2.24, 2.45) is 5.92 Å². The van der Waals surface area contributed by atoms with Gasteiger partial charge in [-0.1, -0.05) is 26.7 Å².